The van der Waals surface area contributed by atoms with Gasteiger partial charge in [-0.3, -0.25) is 9.36 Å². The molecule has 0 spiro atoms. The van der Waals surface area contributed by atoms with Gasteiger partial charge < -0.3 is 20.9 Å². The Morgan fingerprint density at radius 2 is 2.14 bits per heavy atom. The molecule has 0 radical (unpaired) electrons. The van der Waals surface area contributed by atoms with Crippen LogP contribution in [0.25, 0.3) is 11.0 Å². The van der Waals surface area contributed by atoms with Crippen molar-refractivity contribution in [3.8, 4) is 6.07 Å². The molecule has 2 atom stereocenters. The van der Waals surface area contributed by atoms with Crippen LogP contribution in [-0.2, 0) is 11.2 Å². The molecular formula is C25H30N8O2. The van der Waals surface area contributed by atoms with Crippen molar-refractivity contribution in [2.45, 2.75) is 32.2 Å². The zero-order chi connectivity index (χ0) is 24.9. The standard InChI is InChI=1S/C25H30N8O2/c1-17-8-12-32(22(34)7-11-27)15-21(17)31(2)23-20-9-13-33(24(20)29-16-28-23)25(35)30-19-5-3-4-18(14-19)6-10-26/h3-5,9,13-14,16-17,21H,6-8,10,12,15,26H2,1-2H3,(H,30,35)/t17-,21+/m1/s1. The minimum absolute atomic E-state index is 0.0203. The van der Waals surface area contributed by atoms with Crippen molar-refractivity contribution in [2.24, 2.45) is 11.7 Å². The minimum Gasteiger partial charge on any atom is -0.354 e. The van der Waals surface area contributed by atoms with Crippen LogP contribution >= 0.6 is 0 Å². The molecule has 2 amide bonds. The van der Waals surface area contributed by atoms with Crippen LogP contribution in [0.1, 0.15) is 25.3 Å². The number of aromatic nitrogens is 3. The maximum absolute atomic E-state index is 13.1. The number of carbonyl (C=O) groups excluding carboxylic acids is 2. The highest BCUT2D eigenvalue weighted by atomic mass is 16.2. The molecule has 35 heavy (non-hydrogen) atoms. The molecule has 1 fully saturated rings. The fraction of sp³-hybridized carbons (Fsp3) is 0.400. The molecule has 4 rings (SSSR count). The number of rotatable bonds is 6. The van der Waals surface area contributed by atoms with Crippen LogP contribution in [0.15, 0.2) is 42.9 Å². The number of nitrogens with zero attached hydrogens (tertiary/aromatic N) is 6. The van der Waals surface area contributed by atoms with Crippen LogP contribution in [0.3, 0.4) is 0 Å². The second kappa shape index (κ2) is 10.5. The number of hydrogen-bond acceptors (Lipinski definition) is 7. The van der Waals surface area contributed by atoms with E-state index in [1.807, 2.05) is 43.4 Å². The molecule has 182 valence electrons. The Balaban J connectivity index is 1.57. The smallest absolute Gasteiger partial charge is 0.331 e. The van der Waals surface area contributed by atoms with Crippen LogP contribution < -0.4 is 16.0 Å². The highest BCUT2D eigenvalue weighted by Crippen LogP contribution is 2.29. The Labute approximate surface area is 204 Å². The van der Waals surface area contributed by atoms with Crippen molar-refractivity contribution in [1.82, 2.24) is 19.4 Å². The predicted octanol–water partition coefficient (Wildman–Crippen LogP) is 2.60. The van der Waals surface area contributed by atoms with E-state index < -0.39 is 0 Å². The Bertz CT molecular complexity index is 1260. The molecule has 3 aromatic rings. The summed E-state index contributed by atoms with van der Waals surface area (Å²) < 4.78 is 1.47. The van der Waals surface area contributed by atoms with Crippen molar-refractivity contribution in [3.05, 3.63) is 48.4 Å². The Morgan fingerprint density at radius 1 is 1.31 bits per heavy atom. The van der Waals surface area contributed by atoms with E-state index in [9.17, 15) is 9.59 Å². The molecule has 1 aliphatic heterocycles. The number of carbonyl (C=O) groups is 2. The number of nitrogens with one attached hydrogen (secondary N) is 1. The van der Waals surface area contributed by atoms with Crippen LogP contribution in [0, 0.1) is 17.2 Å². The zero-order valence-electron chi connectivity index (χ0n) is 20.0. The number of hydrogen-bond donors (Lipinski definition) is 2. The highest BCUT2D eigenvalue weighted by molar-refractivity contribution is 6.00. The number of likely N-dealkylation sites (tertiary alicyclic amines) is 1. The maximum atomic E-state index is 13.1. The predicted molar refractivity (Wildman–Crippen MR) is 134 cm³/mol. The van der Waals surface area contributed by atoms with Gasteiger partial charge in [-0.05, 0) is 49.1 Å². The van der Waals surface area contributed by atoms with Crippen LogP contribution in [-0.4, -0.2) is 64.1 Å². The first-order chi connectivity index (χ1) is 16.9. The molecule has 2 aromatic heterocycles. The van der Waals surface area contributed by atoms with Crippen molar-refractivity contribution in [3.63, 3.8) is 0 Å². The van der Waals surface area contributed by atoms with Gasteiger partial charge in [0.05, 0.1) is 17.5 Å². The summed E-state index contributed by atoms with van der Waals surface area (Å²) in [6, 6.07) is 11.1. The van der Waals surface area contributed by atoms with E-state index in [-0.39, 0.29) is 24.4 Å². The van der Waals surface area contributed by atoms with Gasteiger partial charge in [-0.15, -0.1) is 0 Å². The van der Waals surface area contributed by atoms with Crippen LogP contribution in [0.4, 0.5) is 16.3 Å². The summed E-state index contributed by atoms with van der Waals surface area (Å²) in [4.78, 5) is 38.1. The van der Waals surface area contributed by atoms with Gasteiger partial charge in [0.1, 0.15) is 18.6 Å². The quantitative estimate of drug-likeness (QED) is 0.561. The van der Waals surface area contributed by atoms with Gasteiger partial charge in [-0.2, -0.15) is 5.26 Å². The zero-order valence-corrected chi connectivity index (χ0v) is 20.0. The van der Waals surface area contributed by atoms with E-state index in [0.29, 0.717) is 42.7 Å². The Kier molecular flexibility index (Phi) is 7.27. The first-order valence-corrected chi connectivity index (χ1v) is 11.7. The SMILES string of the molecule is C[C@@H]1CCN(C(=O)CC#N)C[C@@H]1N(C)c1ncnc2c1ccn2C(=O)Nc1cccc(CCN)c1. The van der Waals surface area contributed by atoms with Crippen molar-refractivity contribution >= 4 is 34.5 Å². The summed E-state index contributed by atoms with van der Waals surface area (Å²) in [5.41, 5.74) is 7.89. The third kappa shape index (κ3) is 5.10. The van der Waals surface area contributed by atoms with Gasteiger partial charge in [0, 0.05) is 32.0 Å². The summed E-state index contributed by atoms with van der Waals surface area (Å²) in [6.45, 7) is 3.86. The lowest BCUT2D eigenvalue weighted by Gasteiger charge is -2.42. The van der Waals surface area contributed by atoms with Crippen LogP contribution in [0.5, 0.6) is 0 Å². The lowest BCUT2D eigenvalue weighted by molar-refractivity contribution is -0.131. The second-order valence-electron chi connectivity index (χ2n) is 8.91. The highest BCUT2D eigenvalue weighted by Gasteiger charge is 2.32. The number of fused-ring (bicyclic) bond motifs is 1. The van der Waals surface area contributed by atoms with Gasteiger partial charge in [0.2, 0.25) is 5.91 Å². The number of likely N-dealkylation sites (N-methyl/N-ethyl adjacent to an activating group) is 1. The largest absolute Gasteiger partial charge is 0.354 e. The summed E-state index contributed by atoms with van der Waals surface area (Å²) >= 11 is 0. The molecule has 1 saturated heterocycles. The van der Waals surface area contributed by atoms with E-state index in [1.165, 1.54) is 10.9 Å². The molecule has 3 heterocycles. The van der Waals surface area contributed by atoms with E-state index in [2.05, 4.69) is 27.1 Å². The third-order valence-electron chi connectivity index (χ3n) is 6.62. The van der Waals surface area contributed by atoms with Gasteiger partial charge in [0.15, 0.2) is 5.65 Å². The summed E-state index contributed by atoms with van der Waals surface area (Å²) in [7, 11) is 1.95. The lowest BCUT2D eigenvalue weighted by Crippen LogP contribution is -2.52. The van der Waals surface area contributed by atoms with Crippen LogP contribution in [0.2, 0.25) is 0 Å². The molecular weight excluding hydrogens is 444 g/mol. The molecule has 1 aliphatic rings. The molecule has 1 aromatic carbocycles. The number of benzene rings is 1. The van der Waals surface area contributed by atoms with Crippen molar-refractivity contribution < 1.29 is 9.59 Å². The molecule has 0 saturated carbocycles. The van der Waals surface area contributed by atoms with Gasteiger partial charge in [-0.1, -0.05) is 19.1 Å². The first kappa shape index (κ1) is 24.2. The summed E-state index contributed by atoms with van der Waals surface area (Å²) in [6.07, 6.45) is 4.59. The number of nitriles is 1. The topological polar surface area (TPSA) is 133 Å². The van der Waals surface area contributed by atoms with Gasteiger partial charge in [0.25, 0.3) is 0 Å². The van der Waals surface area contributed by atoms with E-state index in [0.717, 1.165) is 23.8 Å². The normalized spacial score (nSPS) is 17.7. The van der Waals surface area contributed by atoms with E-state index in [1.54, 1.807) is 11.1 Å². The molecule has 3 N–H and O–H groups in total. The number of piperidine rings is 1. The maximum Gasteiger partial charge on any atom is 0.331 e. The average Bonchev–Trinajstić information content (AvgIpc) is 3.29. The van der Waals surface area contributed by atoms with Gasteiger partial charge >= 0.3 is 6.03 Å². The number of anilines is 2. The minimum atomic E-state index is -0.323. The molecule has 0 bridgehead atoms. The Morgan fingerprint density at radius 3 is 2.91 bits per heavy atom. The third-order valence-corrected chi connectivity index (χ3v) is 6.62. The van der Waals surface area contributed by atoms with E-state index >= 15 is 0 Å². The summed E-state index contributed by atoms with van der Waals surface area (Å²) in [5, 5.41) is 12.6. The van der Waals surface area contributed by atoms with Crippen molar-refractivity contribution in [1.29, 1.82) is 5.26 Å². The fourth-order valence-corrected chi connectivity index (χ4v) is 4.65. The molecule has 0 aliphatic carbocycles. The summed E-state index contributed by atoms with van der Waals surface area (Å²) in [5.74, 6) is 0.865. The second-order valence-corrected chi connectivity index (χ2v) is 8.91. The monoisotopic (exact) mass is 474 g/mol. The van der Waals surface area contributed by atoms with Gasteiger partial charge in [-0.25, -0.2) is 14.8 Å². The average molecular weight is 475 g/mol. The molecule has 10 heteroatoms. The van der Waals surface area contributed by atoms with Crippen molar-refractivity contribution in [2.75, 3.05) is 36.9 Å². The Hall–Kier alpha value is -3.97. The number of nitrogens with two attached hydrogens (primary N) is 1. The number of amides is 2. The fourth-order valence-electron chi connectivity index (χ4n) is 4.65. The molecule has 0 unspecified atom stereocenters. The van der Waals surface area contributed by atoms with E-state index in [4.69, 9.17) is 11.0 Å². The lowest BCUT2D eigenvalue weighted by atomic mass is 9.92. The molecule has 10 nitrogen and oxygen atoms in total. The first-order valence-electron chi connectivity index (χ1n) is 11.7.